The second-order valence-corrected chi connectivity index (χ2v) is 4.12. The molecule has 0 heterocycles. The highest BCUT2D eigenvalue weighted by atomic mass is 79.9. The topological polar surface area (TPSA) is 43.4 Å². The quantitative estimate of drug-likeness (QED) is 0.488. The Bertz CT molecular complexity index is 441. The zero-order valence-electron chi connectivity index (χ0n) is 8.88. The lowest BCUT2D eigenvalue weighted by Crippen LogP contribution is -2.21. The highest BCUT2D eigenvalue weighted by Crippen LogP contribution is 2.27. The number of esters is 1. The molecule has 0 saturated carbocycles. The molecule has 6 heteroatoms. The van der Waals surface area contributed by atoms with Gasteiger partial charge in [0.1, 0.15) is 0 Å². The third-order valence-electron chi connectivity index (χ3n) is 1.89. The van der Waals surface area contributed by atoms with Crippen molar-refractivity contribution in [1.29, 1.82) is 0 Å². The van der Waals surface area contributed by atoms with Crippen molar-refractivity contribution in [3.63, 3.8) is 0 Å². The van der Waals surface area contributed by atoms with E-state index >= 15 is 0 Å². The van der Waals surface area contributed by atoms with E-state index < -0.39 is 16.6 Å². The van der Waals surface area contributed by atoms with Gasteiger partial charge in [0.05, 0.1) is 12.2 Å². The number of benzene rings is 1. The zero-order valence-corrected chi connectivity index (χ0v) is 10.5. The Morgan fingerprint density at radius 2 is 1.94 bits per heavy atom. The van der Waals surface area contributed by atoms with Gasteiger partial charge in [0.15, 0.2) is 0 Å². The molecule has 1 aromatic rings. The summed E-state index contributed by atoms with van der Waals surface area (Å²) in [6, 6.07) is 5.02. The maximum atomic E-state index is 12.7. The van der Waals surface area contributed by atoms with Crippen molar-refractivity contribution >= 4 is 27.7 Å². The molecule has 0 aliphatic carbocycles. The minimum Gasteiger partial charge on any atom is -0.462 e. The largest absolute Gasteiger partial charge is 0.462 e. The Morgan fingerprint density at radius 3 is 2.47 bits per heavy atom. The molecule has 0 aromatic heterocycles. The first-order valence-electron chi connectivity index (χ1n) is 4.75. The summed E-state index contributed by atoms with van der Waals surface area (Å²) in [7, 11) is 0. The van der Waals surface area contributed by atoms with E-state index in [0.717, 1.165) is 6.07 Å². The molecule has 0 unspecified atom stereocenters. The van der Waals surface area contributed by atoms with Crippen molar-refractivity contribution in [3.8, 4) is 0 Å². The van der Waals surface area contributed by atoms with Crippen LogP contribution in [-0.2, 0) is 4.74 Å². The third kappa shape index (κ3) is 3.59. The fourth-order valence-corrected chi connectivity index (χ4v) is 1.39. The zero-order chi connectivity index (χ0) is 13.1. The molecule has 92 valence electrons. The summed E-state index contributed by atoms with van der Waals surface area (Å²) in [6.45, 7) is 1.80. The summed E-state index contributed by atoms with van der Waals surface area (Å²) in [5, 5.41) is 0. The predicted molar refractivity (Wildman–Crippen MR) is 60.6 cm³/mol. The molecule has 1 rings (SSSR count). The number of carbonyl (C=O) groups excluding carboxylic acids is 2. The van der Waals surface area contributed by atoms with Gasteiger partial charge in [0, 0.05) is 5.56 Å². The first-order valence-corrected chi connectivity index (χ1v) is 5.54. The van der Waals surface area contributed by atoms with Gasteiger partial charge in [-0.15, -0.1) is 0 Å². The lowest BCUT2D eigenvalue weighted by molar-refractivity contribution is 0.0526. The van der Waals surface area contributed by atoms with Crippen molar-refractivity contribution in [1.82, 2.24) is 0 Å². The predicted octanol–water partition coefficient (Wildman–Crippen LogP) is 3.03. The lowest BCUT2D eigenvalue weighted by Gasteiger charge is -2.08. The molecule has 0 radical (unpaired) electrons. The second-order valence-electron chi connectivity index (χ2n) is 3.13. The first-order chi connectivity index (χ1) is 7.86. The second kappa shape index (κ2) is 5.35. The monoisotopic (exact) mass is 306 g/mol. The molecule has 0 atom stereocenters. The van der Waals surface area contributed by atoms with E-state index in [0.29, 0.717) is 0 Å². The molecule has 0 spiro atoms. The number of halogens is 3. The Labute approximate surface area is 105 Å². The van der Waals surface area contributed by atoms with Gasteiger partial charge in [-0.3, -0.25) is 4.79 Å². The van der Waals surface area contributed by atoms with Gasteiger partial charge in [0.2, 0.25) is 5.78 Å². The van der Waals surface area contributed by atoms with Gasteiger partial charge in [0.25, 0.3) is 0 Å². The number of Topliss-reactive ketones (excluding diaryl/α,β-unsaturated/α-hetero) is 1. The van der Waals surface area contributed by atoms with Gasteiger partial charge in [-0.1, -0.05) is 12.1 Å². The van der Waals surface area contributed by atoms with Crippen LogP contribution >= 0.6 is 15.9 Å². The van der Waals surface area contributed by atoms with E-state index in [1.54, 1.807) is 6.92 Å². The van der Waals surface area contributed by atoms with Crippen molar-refractivity contribution < 1.29 is 23.1 Å². The Kier molecular flexibility index (Phi) is 4.34. The van der Waals surface area contributed by atoms with E-state index in [2.05, 4.69) is 0 Å². The van der Waals surface area contributed by atoms with Crippen molar-refractivity contribution in [3.05, 3.63) is 35.4 Å². The fraction of sp³-hybridized carbons (Fsp3) is 0.273. The van der Waals surface area contributed by atoms with E-state index in [4.69, 9.17) is 4.74 Å². The lowest BCUT2D eigenvalue weighted by atomic mass is 10.1. The molecule has 0 bridgehead atoms. The van der Waals surface area contributed by atoms with Gasteiger partial charge in [-0.2, -0.15) is 8.78 Å². The van der Waals surface area contributed by atoms with Gasteiger partial charge >= 0.3 is 10.8 Å². The summed E-state index contributed by atoms with van der Waals surface area (Å²) in [6.07, 6.45) is 0. The molecule has 0 amide bonds. The molecule has 3 nitrogen and oxygen atoms in total. The fourth-order valence-electron chi connectivity index (χ4n) is 1.17. The molecule has 0 fully saturated rings. The molecule has 1 aromatic carbocycles. The smallest absolute Gasteiger partial charge is 0.363 e. The number of hydrogen-bond donors (Lipinski definition) is 0. The average molecular weight is 307 g/mol. The normalized spacial score (nSPS) is 11.1. The number of rotatable bonds is 4. The maximum absolute atomic E-state index is 12.7. The molecule has 0 N–H and O–H groups in total. The average Bonchev–Trinajstić information content (AvgIpc) is 2.27. The Hall–Kier alpha value is -1.30. The molecular formula is C11H9BrF2O3. The van der Waals surface area contributed by atoms with Crippen molar-refractivity contribution in [2.45, 2.75) is 11.8 Å². The number of alkyl halides is 3. The molecular weight excluding hydrogens is 298 g/mol. The van der Waals surface area contributed by atoms with Crippen LogP contribution in [0.3, 0.4) is 0 Å². The van der Waals surface area contributed by atoms with Crippen molar-refractivity contribution in [2.24, 2.45) is 0 Å². The van der Waals surface area contributed by atoms with Crippen LogP contribution in [-0.4, -0.2) is 23.2 Å². The van der Waals surface area contributed by atoms with Crippen LogP contribution in [0.1, 0.15) is 27.6 Å². The molecule has 0 saturated heterocycles. The summed E-state index contributed by atoms with van der Waals surface area (Å²) >= 11 is 1.97. The van der Waals surface area contributed by atoms with Crippen LogP contribution in [0, 0.1) is 0 Å². The SMILES string of the molecule is CCOC(=O)c1cccc(C(=O)C(F)(F)Br)c1. The van der Waals surface area contributed by atoms with E-state index in [-0.39, 0.29) is 17.7 Å². The van der Waals surface area contributed by atoms with Gasteiger partial charge < -0.3 is 4.74 Å². The van der Waals surface area contributed by atoms with Gasteiger partial charge in [-0.05, 0) is 35.0 Å². The van der Waals surface area contributed by atoms with Crippen LogP contribution in [0.15, 0.2) is 24.3 Å². The number of carbonyl (C=O) groups is 2. The third-order valence-corrected chi connectivity index (χ3v) is 2.25. The van der Waals surface area contributed by atoms with E-state index in [1.807, 2.05) is 15.9 Å². The standard InChI is InChI=1S/C11H9BrF2O3/c1-2-17-10(16)8-5-3-4-7(6-8)9(15)11(12,13)14/h3-6H,2H2,1H3. The molecule has 17 heavy (non-hydrogen) atoms. The van der Waals surface area contributed by atoms with E-state index in [9.17, 15) is 18.4 Å². The summed E-state index contributed by atoms with van der Waals surface area (Å²) in [4.78, 5) is 18.9. The summed E-state index contributed by atoms with van der Waals surface area (Å²) in [5.41, 5.74) is -0.188. The number of hydrogen-bond acceptors (Lipinski definition) is 3. The highest BCUT2D eigenvalue weighted by Gasteiger charge is 2.35. The first kappa shape index (κ1) is 13.8. The highest BCUT2D eigenvalue weighted by molar-refractivity contribution is 9.10. The minimum absolute atomic E-state index is 0.0643. The Morgan fingerprint density at radius 1 is 1.35 bits per heavy atom. The molecule has 0 aliphatic heterocycles. The number of ether oxygens (including phenoxy) is 1. The minimum atomic E-state index is -3.64. The number of ketones is 1. The van der Waals surface area contributed by atoms with Crippen molar-refractivity contribution in [2.75, 3.05) is 6.61 Å². The van der Waals surface area contributed by atoms with Crippen LogP contribution in [0.4, 0.5) is 8.78 Å². The van der Waals surface area contributed by atoms with Crippen LogP contribution in [0.25, 0.3) is 0 Å². The van der Waals surface area contributed by atoms with Crippen LogP contribution in [0.2, 0.25) is 0 Å². The van der Waals surface area contributed by atoms with Gasteiger partial charge in [-0.25, -0.2) is 4.79 Å². The van der Waals surface area contributed by atoms with Crippen LogP contribution in [0.5, 0.6) is 0 Å². The summed E-state index contributed by atoms with van der Waals surface area (Å²) in [5.74, 6) is -2.05. The Balaban J connectivity index is 3.02. The van der Waals surface area contributed by atoms with E-state index in [1.165, 1.54) is 18.2 Å². The summed E-state index contributed by atoms with van der Waals surface area (Å²) < 4.78 is 30.2. The van der Waals surface area contributed by atoms with Crippen LogP contribution < -0.4 is 0 Å². The maximum Gasteiger partial charge on any atom is 0.363 e. The molecule has 0 aliphatic rings.